The summed E-state index contributed by atoms with van der Waals surface area (Å²) in [5.41, 5.74) is 3.18. The molecule has 23 heavy (non-hydrogen) atoms. The van der Waals surface area contributed by atoms with Crippen LogP contribution < -0.4 is 0 Å². The van der Waals surface area contributed by atoms with Crippen LogP contribution in [-0.4, -0.2) is 28.9 Å². The number of carbonyl (C=O) groups is 1. The molecule has 0 aliphatic carbocycles. The summed E-state index contributed by atoms with van der Waals surface area (Å²) in [6, 6.07) is 4.80. The maximum atomic E-state index is 13.5. The highest BCUT2D eigenvalue weighted by Crippen LogP contribution is 2.30. The number of H-pyrrole nitrogens is 1. The van der Waals surface area contributed by atoms with Crippen LogP contribution in [0.4, 0.5) is 4.39 Å². The number of nitrogens with one attached hydrogen (secondary N) is 1. The van der Waals surface area contributed by atoms with Crippen LogP contribution in [0.15, 0.2) is 30.5 Å². The molecule has 1 N–H and O–H groups in total. The van der Waals surface area contributed by atoms with Crippen molar-refractivity contribution in [1.82, 2.24) is 9.88 Å². The van der Waals surface area contributed by atoms with Crippen LogP contribution in [0.2, 0.25) is 0 Å². The third-order valence-corrected chi connectivity index (χ3v) is 4.85. The van der Waals surface area contributed by atoms with Crippen molar-refractivity contribution >= 4 is 22.4 Å². The van der Waals surface area contributed by atoms with E-state index < -0.39 is 0 Å². The van der Waals surface area contributed by atoms with Gasteiger partial charge in [-0.1, -0.05) is 19.9 Å². The SMILES string of the molecule is CCC(CC)C(=O)N1CC=C(c2c[nH]c3ccc(F)cc23)CC1. The van der Waals surface area contributed by atoms with E-state index in [0.29, 0.717) is 6.54 Å². The van der Waals surface area contributed by atoms with Crippen LogP contribution in [0.5, 0.6) is 0 Å². The highest BCUT2D eigenvalue weighted by Gasteiger charge is 2.24. The summed E-state index contributed by atoms with van der Waals surface area (Å²) in [7, 11) is 0. The Morgan fingerprint density at radius 3 is 2.78 bits per heavy atom. The number of hydrogen-bond acceptors (Lipinski definition) is 1. The molecular weight excluding hydrogens is 291 g/mol. The van der Waals surface area contributed by atoms with Crippen LogP contribution in [0.25, 0.3) is 16.5 Å². The molecule has 4 heteroatoms. The lowest BCUT2D eigenvalue weighted by atomic mass is 9.96. The van der Waals surface area contributed by atoms with Crippen molar-refractivity contribution in [1.29, 1.82) is 0 Å². The summed E-state index contributed by atoms with van der Waals surface area (Å²) >= 11 is 0. The number of rotatable bonds is 4. The van der Waals surface area contributed by atoms with Crippen LogP contribution in [-0.2, 0) is 4.79 Å². The fourth-order valence-corrected chi connectivity index (χ4v) is 3.37. The number of hydrogen-bond donors (Lipinski definition) is 1. The molecule has 3 rings (SSSR count). The molecule has 0 saturated heterocycles. The predicted molar refractivity (Wildman–Crippen MR) is 91.5 cm³/mol. The molecular formula is C19H23FN2O. The minimum absolute atomic E-state index is 0.132. The van der Waals surface area contributed by atoms with Crippen molar-refractivity contribution in [3.8, 4) is 0 Å². The Morgan fingerprint density at radius 1 is 1.35 bits per heavy atom. The average molecular weight is 314 g/mol. The Balaban J connectivity index is 1.81. The third-order valence-electron chi connectivity index (χ3n) is 4.85. The molecule has 3 nitrogen and oxygen atoms in total. The number of fused-ring (bicyclic) bond motifs is 1. The minimum Gasteiger partial charge on any atom is -0.361 e. The van der Waals surface area contributed by atoms with E-state index in [-0.39, 0.29) is 17.6 Å². The number of nitrogens with zero attached hydrogens (tertiary/aromatic N) is 1. The van der Waals surface area contributed by atoms with Crippen molar-refractivity contribution in [3.63, 3.8) is 0 Å². The molecule has 1 aliphatic rings. The Kier molecular flexibility index (Phi) is 4.51. The third kappa shape index (κ3) is 3.03. The summed E-state index contributed by atoms with van der Waals surface area (Å²) in [5, 5.41) is 0.913. The van der Waals surface area contributed by atoms with Gasteiger partial charge in [0.25, 0.3) is 0 Å². The van der Waals surface area contributed by atoms with E-state index in [1.807, 2.05) is 11.1 Å². The summed E-state index contributed by atoms with van der Waals surface area (Å²) in [6.45, 7) is 5.52. The van der Waals surface area contributed by atoms with E-state index >= 15 is 0 Å². The lowest BCUT2D eigenvalue weighted by Crippen LogP contribution is -2.38. The first-order valence-electron chi connectivity index (χ1n) is 8.38. The molecule has 2 heterocycles. The Labute approximate surface area is 136 Å². The largest absolute Gasteiger partial charge is 0.361 e. The molecule has 1 aromatic carbocycles. The van der Waals surface area contributed by atoms with Crippen molar-refractivity contribution in [2.24, 2.45) is 5.92 Å². The molecule has 2 aromatic rings. The molecule has 0 fully saturated rings. The molecule has 122 valence electrons. The van der Waals surface area contributed by atoms with Gasteiger partial charge < -0.3 is 9.88 Å². The topological polar surface area (TPSA) is 36.1 Å². The molecule has 0 bridgehead atoms. The average Bonchev–Trinajstić information content (AvgIpc) is 2.99. The lowest BCUT2D eigenvalue weighted by Gasteiger charge is -2.29. The van der Waals surface area contributed by atoms with E-state index in [2.05, 4.69) is 24.9 Å². The quantitative estimate of drug-likeness (QED) is 0.894. The van der Waals surface area contributed by atoms with Gasteiger partial charge in [0.2, 0.25) is 5.91 Å². The number of carbonyl (C=O) groups excluding carboxylic acids is 1. The molecule has 0 atom stereocenters. The Morgan fingerprint density at radius 2 is 2.13 bits per heavy atom. The highest BCUT2D eigenvalue weighted by molar-refractivity contribution is 5.93. The van der Waals surface area contributed by atoms with Gasteiger partial charge in [0.15, 0.2) is 0 Å². The standard InChI is InChI=1S/C19H23FN2O/c1-3-13(4-2)19(23)22-9-7-14(8-10-22)17-12-21-18-6-5-15(20)11-16(17)18/h5-7,11-13,21H,3-4,8-10H2,1-2H3. The van der Waals surface area contributed by atoms with Gasteiger partial charge >= 0.3 is 0 Å². The number of amides is 1. The first-order chi connectivity index (χ1) is 11.1. The molecule has 0 unspecified atom stereocenters. The molecule has 1 amide bonds. The molecule has 1 aliphatic heterocycles. The Hall–Kier alpha value is -2.10. The van der Waals surface area contributed by atoms with E-state index in [1.54, 1.807) is 12.1 Å². The maximum absolute atomic E-state index is 13.5. The summed E-state index contributed by atoms with van der Waals surface area (Å²) in [6.07, 6.45) is 6.65. The zero-order valence-corrected chi connectivity index (χ0v) is 13.7. The molecule has 0 saturated carbocycles. The number of aromatic nitrogens is 1. The van der Waals surface area contributed by atoms with Gasteiger partial charge in [0, 0.05) is 41.7 Å². The van der Waals surface area contributed by atoms with Crippen molar-refractivity contribution in [2.75, 3.05) is 13.1 Å². The van der Waals surface area contributed by atoms with Crippen LogP contribution in [0, 0.1) is 11.7 Å². The van der Waals surface area contributed by atoms with Gasteiger partial charge in [0.05, 0.1) is 0 Å². The fraction of sp³-hybridized carbons (Fsp3) is 0.421. The zero-order valence-electron chi connectivity index (χ0n) is 13.7. The van der Waals surface area contributed by atoms with E-state index in [9.17, 15) is 9.18 Å². The van der Waals surface area contributed by atoms with Crippen LogP contribution in [0.3, 0.4) is 0 Å². The van der Waals surface area contributed by atoms with Crippen molar-refractivity contribution < 1.29 is 9.18 Å². The zero-order chi connectivity index (χ0) is 16.4. The summed E-state index contributed by atoms with van der Waals surface area (Å²) in [5.74, 6) is 0.169. The first kappa shape index (κ1) is 15.8. The van der Waals surface area contributed by atoms with Crippen LogP contribution in [0.1, 0.15) is 38.7 Å². The minimum atomic E-state index is -0.222. The van der Waals surface area contributed by atoms with Gasteiger partial charge in [-0.05, 0) is 43.0 Å². The molecule has 1 aromatic heterocycles. The lowest BCUT2D eigenvalue weighted by molar-refractivity contribution is -0.135. The van der Waals surface area contributed by atoms with Crippen molar-refractivity contribution in [2.45, 2.75) is 33.1 Å². The van der Waals surface area contributed by atoms with Crippen molar-refractivity contribution in [3.05, 3.63) is 41.9 Å². The summed E-state index contributed by atoms with van der Waals surface area (Å²) in [4.78, 5) is 17.6. The van der Waals surface area contributed by atoms with E-state index in [0.717, 1.165) is 42.3 Å². The second-order valence-electron chi connectivity index (χ2n) is 6.17. The van der Waals surface area contributed by atoms with Crippen LogP contribution >= 0.6 is 0 Å². The number of benzene rings is 1. The monoisotopic (exact) mass is 314 g/mol. The second-order valence-corrected chi connectivity index (χ2v) is 6.17. The second kappa shape index (κ2) is 6.57. The van der Waals surface area contributed by atoms with Gasteiger partial charge in [-0.2, -0.15) is 0 Å². The predicted octanol–water partition coefficient (Wildman–Crippen LogP) is 4.36. The van der Waals surface area contributed by atoms with Gasteiger partial charge in [-0.25, -0.2) is 4.39 Å². The first-order valence-corrected chi connectivity index (χ1v) is 8.38. The maximum Gasteiger partial charge on any atom is 0.225 e. The van der Waals surface area contributed by atoms with E-state index in [4.69, 9.17) is 0 Å². The van der Waals surface area contributed by atoms with Gasteiger partial charge in [0.1, 0.15) is 5.82 Å². The van der Waals surface area contributed by atoms with Gasteiger partial charge in [-0.3, -0.25) is 4.79 Å². The smallest absolute Gasteiger partial charge is 0.225 e. The summed E-state index contributed by atoms with van der Waals surface area (Å²) < 4.78 is 13.5. The highest BCUT2D eigenvalue weighted by atomic mass is 19.1. The van der Waals surface area contributed by atoms with Gasteiger partial charge in [-0.15, -0.1) is 0 Å². The molecule has 0 spiro atoms. The Bertz CT molecular complexity index is 743. The number of aromatic amines is 1. The fourth-order valence-electron chi connectivity index (χ4n) is 3.37. The molecule has 0 radical (unpaired) electrons. The van der Waals surface area contributed by atoms with E-state index in [1.165, 1.54) is 11.6 Å². The normalized spacial score (nSPS) is 15.3. The number of halogens is 1.